The van der Waals surface area contributed by atoms with Crippen LogP contribution in [0.3, 0.4) is 0 Å². The molecule has 23 heavy (non-hydrogen) atoms. The van der Waals surface area contributed by atoms with Gasteiger partial charge >= 0.3 is 0 Å². The van der Waals surface area contributed by atoms with Crippen LogP contribution in [0.5, 0.6) is 11.5 Å². The molecule has 0 aliphatic carbocycles. The van der Waals surface area contributed by atoms with E-state index in [0.717, 1.165) is 5.56 Å². The zero-order chi connectivity index (χ0) is 16.8. The second-order valence-electron chi connectivity index (χ2n) is 5.16. The number of ether oxygens (including phenoxy) is 2. The van der Waals surface area contributed by atoms with Gasteiger partial charge in [0, 0.05) is 13.6 Å². The lowest BCUT2D eigenvalue weighted by Crippen LogP contribution is -2.33. The summed E-state index contributed by atoms with van der Waals surface area (Å²) in [6.07, 6.45) is 2.96. The average Bonchev–Trinajstić information content (AvgIpc) is 3.09. The Labute approximate surface area is 135 Å². The number of rotatable bonds is 7. The number of aromatic nitrogens is 3. The van der Waals surface area contributed by atoms with E-state index in [2.05, 4.69) is 10.1 Å². The van der Waals surface area contributed by atoms with E-state index in [0.29, 0.717) is 24.7 Å². The predicted molar refractivity (Wildman–Crippen MR) is 85.4 cm³/mol. The largest absolute Gasteiger partial charge is 0.493 e. The third-order valence-corrected chi connectivity index (χ3v) is 3.51. The maximum atomic E-state index is 12.5. The van der Waals surface area contributed by atoms with Crippen molar-refractivity contribution in [2.24, 2.45) is 0 Å². The molecule has 1 atom stereocenters. The molecule has 7 nitrogen and oxygen atoms in total. The minimum Gasteiger partial charge on any atom is -0.493 e. The Morgan fingerprint density at radius 2 is 2.17 bits per heavy atom. The molecule has 0 aliphatic heterocycles. The number of likely N-dealkylation sites (N-methyl/N-ethyl adjacent to an activating group) is 1. The van der Waals surface area contributed by atoms with Gasteiger partial charge in [0.05, 0.1) is 13.7 Å². The molecule has 1 aromatic carbocycles. The van der Waals surface area contributed by atoms with Gasteiger partial charge in [-0.15, -0.1) is 0 Å². The SMILES string of the molecule is CCOc1ccc(CN(C)C(=O)[C@@H](C)n2cncn2)cc1OC. The lowest BCUT2D eigenvalue weighted by atomic mass is 10.1. The van der Waals surface area contributed by atoms with Crippen LogP contribution in [-0.2, 0) is 11.3 Å². The van der Waals surface area contributed by atoms with Crippen molar-refractivity contribution in [1.29, 1.82) is 0 Å². The normalized spacial score (nSPS) is 11.8. The Morgan fingerprint density at radius 3 is 2.78 bits per heavy atom. The highest BCUT2D eigenvalue weighted by Gasteiger charge is 2.20. The molecule has 124 valence electrons. The molecule has 0 N–H and O–H groups in total. The third kappa shape index (κ3) is 4.00. The molecule has 1 amide bonds. The minimum absolute atomic E-state index is 0.0386. The van der Waals surface area contributed by atoms with Gasteiger partial charge in [-0.05, 0) is 31.5 Å². The fraction of sp³-hybridized carbons (Fsp3) is 0.438. The van der Waals surface area contributed by atoms with Crippen molar-refractivity contribution in [3.8, 4) is 11.5 Å². The number of carbonyl (C=O) groups excluding carboxylic acids is 1. The van der Waals surface area contributed by atoms with E-state index in [9.17, 15) is 4.79 Å². The highest BCUT2D eigenvalue weighted by atomic mass is 16.5. The molecule has 0 spiro atoms. The van der Waals surface area contributed by atoms with E-state index in [-0.39, 0.29) is 5.91 Å². The van der Waals surface area contributed by atoms with Crippen LogP contribution in [0.25, 0.3) is 0 Å². The maximum absolute atomic E-state index is 12.5. The lowest BCUT2D eigenvalue weighted by molar-refractivity contribution is -0.133. The van der Waals surface area contributed by atoms with Crippen LogP contribution >= 0.6 is 0 Å². The van der Waals surface area contributed by atoms with E-state index in [1.165, 1.54) is 17.3 Å². The monoisotopic (exact) mass is 318 g/mol. The molecule has 0 saturated carbocycles. The number of hydrogen-bond acceptors (Lipinski definition) is 5. The van der Waals surface area contributed by atoms with Crippen molar-refractivity contribution >= 4 is 5.91 Å². The smallest absolute Gasteiger partial charge is 0.247 e. The van der Waals surface area contributed by atoms with Crippen molar-refractivity contribution < 1.29 is 14.3 Å². The molecule has 0 unspecified atom stereocenters. The fourth-order valence-electron chi connectivity index (χ4n) is 2.29. The molecule has 0 radical (unpaired) electrons. The first kappa shape index (κ1) is 16.8. The number of hydrogen-bond donors (Lipinski definition) is 0. The quantitative estimate of drug-likeness (QED) is 0.780. The van der Waals surface area contributed by atoms with Gasteiger partial charge in [-0.2, -0.15) is 5.10 Å². The van der Waals surface area contributed by atoms with Crippen LogP contribution in [0, 0.1) is 0 Å². The molecule has 0 aliphatic rings. The minimum atomic E-state index is -0.396. The molecule has 0 bridgehead atoms. The first-order valence-electron chi connectivity index (χ1n) is 7.45. The predicted octanol–water partition coefficient (Wildman–Crippen LogP) is 1.91. The Morgan fingerprint density at radius 1 is 1.39 bits per heavy atom. The standard InChI is InChI=1S/C16H22N4O3/c1-5-23-14-7-6-13(8-15(14)22-4)9-19(3)16(21)12(2)20-11-17-10-18-20/h6-8,10-12H,5,9H2,1-4H3/t12-/m1/s1. The molecule has 0 saturated heterocycles. The van der Waals surface area contributed by atoms with Crippen LogP contribution in [0.4, 0.5) is 0 Å². The molecule has 7 heteroatoms. The molecule has 2 aromatic rings. The zero-order valence-electron chi connectivity index (χ0n) is 13.9. The lowest BCUT2D eigenvalue weighted by Gasteiger charge is -2.22. The molecular formula is C16H22N4O3. The van der Waals surface area contributed by atoms with E-state index >= 15 is 0 Å². The Balaban J connectivity index is 2.07. The highest BCUT2D eigenvalue weighted by molar-refractivity contribution is 5.79. The summed E-state index contributed by atoms with van der Waals surface area (Å²) in [5, 5.41) is 4.01. The van der Waals surface area contributed by atoms with Crippen molar-refractivity contribution in [3.05, 3.63) is 36.4 Å². The third-order valence-electron chi connectivity index (χ3n) is 3.51. The van der Waals surface area contributed by atoms with Crippen LogP contribution in [0.1, 0.15) is 25.5 Å². The summed E-state index contributed by atoms with van der Waals surface area (Å²) in [5.41, 5.74) is 0.965. The number of carbonyl (C=O) groups is 1. The maximum Gasteiger partial charge on any atom is 0.247 e. The highest BCUT2D eigenvalue weighted by Crippen LogP contribution is 2.28. The Kier molecular flexibility index (Phi) is 5.56. The number of nitrogens with zero attached hydrogens (tertiary/aromatic N) is 4. The van der Waals surface area contributed by atoms with Crippen LogP contribution in [0.2, 0.25) is 0 Å². The fourth-order valence-corrected chi connectivity index (χ4v) is 2.29. The molecular weight excluding hydrogens is 296 g/mol. The molecule has 1 heterocycles. The van der Waals surface area contributed by atoms with Gasteiger partial charge in [-0.25, -0.2) is 9.67 Å². The zero-order valence-corrected chi connectivity index (χ0v) is 13.9. The van der Waals surface area contributed by atoms with Crippen molar-refractivity contribution in [1.82, 2.24) is 19.7 Å². The summed E-state index contributed by atoms with van der Waals surface area (Å²) in [7, 11) is 3.36. The topological polar surface area (TPSA) is 69.5 Å². The van der Waals surface area contributed by atoms with Crippen molar-refractivity contribution in [2.45, 2.75) is 26.4 Å². The number of amides is 1. The second-order valence-corrected chi connectivity index (χ2v) is 5.16. The van der Waals surface area contributed by atoms with Crippen LogP contribution < -0.4 is 9.47 Å². The van der Waals surface area contributed by atoms with E-state index < -0.39 is 6.04 Å². The molecule has 1 aromatic heterocycles. The molecule has 0 fully saturated rings. The first-order valence-corrected chi connectivity index (χ1v) is 7.45. The van der Waals surface area contributed by atoms with Crippen molar-refractivity contribution in [2.75, 3.05) is 20.8 Å². The van der Waals surface area contributed by atoms with E-state index in [4.69, 9.17) is 9.47 Å². The summed E-state index contributed by atoms with van der Waals surface area (Å²) in [5.74, 6) is 1.32. The summed E-state index contributed by atoms with van der Waals surface area (Å²) >= 11 is 0. The number of benzene rings is 1. The second kappa shape index (κ2) is 7.62. The van der Waals surface area contributed by atoms with Crippen LogP contribution in [0.15, 0.2) is 30.9 Å². The van der Waals surface area contributed by atoms with Gasteiger partial charge in [0.2, 0.25) is 5.91 Å². The number of methoxy groups -OCH3 is 1. The van der Waals surface area contributed by atoms with Gasteiger partial charge in [0.15, 0.2) is 11.5 Å². The van der Waals surface area contributed by atoms with E-state index in [1.54, 1.807) is 26.0 Å². The Bertz CT molecular complexity index is 643. The van der Waals surface area contributed by atoms with Gasteiger partial charge in [-0.3, -0.25) is 4.79 Å². The van der Waals surface area contributed by atoms with Crippen LogP contribution in [-0.4, -0.2) is 46.3 Å². The average molecular weight is 318 g/mol. The summed E-state index contributed by atoms with van der Waals surface area (Å²) in [4.78, 5) is 18.0. The van der Waals surface area contributed by atoms with Gasteiger partial charge < -0.3 is 14.4 Å². The van der Waals surface area contributed by atoms with Gasteiger partial charge in [-0.1, -0.05) is 6.07 Å². The van der Waals surface area contributed by atoms with Crippen molar-refractivity contribution in [3.63, 3.8) is 0 Å². The first-order chi connectivity index (χ1) is 11.1. The summed E-state index contributed by atoms with van der Waals surface area (Å²) in [6.45, 7) is 4.77. The summed E-state index contributed by atoms with van der Waals surface area (Å²) in [6, 6.07) is 5.27. The Hall–Kier alpha value is -2.57. The summed E-state index contributed by atoms with van der Waals surface area (Å²) < 4.78 is 12.4. The van der Waals surface area contributed by atoms with Gasteiger partial charge in [0.1, 0.15) is 18.7 Å². The molecule has 2 rings (SSSR count). The van der Waals surface area contributed by atoms with E-state index in [1.807, 2.05) is 25.1 Å². The van der Waals surface area contributed by atoms with Gasteiger partial charge in [0.25, 0.3) is 0 Å².